The van der Waals surface area contributed by atoms with Crippen LogP contribution in [0.4, 0.5) is 0 Å². The summed E-state index contributed by atoms with van der Waals surface area (Å²) in [5, 5.41) is -0.286. The molecule has 1 N–H and O–H groups in total. The molecule has 0 spiro atoms. The van der Waals surface area contributed by atoms with Gasteiger partial charge >= 0.3 is 0 Å². The lowest BCUT2D eigenvalue weighted by Crippen LogP contribution is -2.40. The second-order valence-electron chi connectivity index (χ2n) is 9.22. The monoisotopic (exact) mass is 446 g/mol. The van der Waals surface area contributed by atoms with Gasteiger partial charge in [-0.1, -0.05) is 23.8 Å². The van der Waals surface area contributed by atoms with E-state index in [-0.39, 0.29) is 28.5 Å². The van der Waals surface area contributed by atoms with E-state index in [0.717, 1.165) is 16.7 Å². The number of benzene rings is 1. The fourth-order valence-electron chi connectivity index (χ4n) is 3.84. The Morgan fingerprint density at radius 1 is 1.06 bits per heavy atom. The summed E-state index contributed by atoms with van der Waals surface area (Å²) >= 11 is 0. The molecule has 8 heteroatoms. The SMILES string of the molecule is Cc1ccc(C(=O)C2CCN(C(=O)c3ccc(S(=O)(=O)NC(C)(C)C)o3)CC2)c(C)c1. The normalized spacial score (nSPS) is 15.8. The lowest BCUT2D eigenvalue weighted by atomic mass is 9.87. The average Bonchev–Trinajstić information content (AvgIpc) is 3.16. The highest BCUT2D eigenvalue weighted by molar-refractivity contribution is 7.89. The Morgan fingerprint density at radius 2 is 1.71 bits per heavy atom. The zero-order valence-electron chi connectivity index (χ0n) is 18.7. The van der Waals surface area contributed by atoms with Crippen LogP contribution in [0, 0.1) is 19.8 Å². The van der Waals surface area contributed by atoms with Gasteiger partial charge in [0.15, 0.2) is 11.5 Å². The molecule has 1 aromatic carbocycles. The number of nitrogens with zero attached hydrogens (tertiary/aromatic N) is 1. The summed E-state index contributed by atoms with van der Waals surface area (Å²) in [6.07, 6.45) is 1.13. The number of aryl methyl sites for hydroxylation is 2. The maximum atomic E-state index is 12.9. The number of piperidine rings is 1. The Hall–Kier alpha value is -2.45. The number of furan rings is 1. The van der Waals surface area contributed by atoms with E-state index in [1.54, 1.807) is 25.7 Å². The molecule has 1 aromatic heterocycles. The van der Waals surface area contributed by atoms with Crippen LogP contribution in [0.2, 0.25) is 0 Å². The number of carbonyl (C=O) groups is 2. The largest absolute Gasteiger partial charge is 0.438 e. The number of hydrogen-bond acceptors (Lipinski definition) is 5. The minimum Gasteiger partial charge on any atom is -0.438 e. The number of Topliss-reactive ketones (excluding diaryl/α,β-unsaturated/α-hetero) is 1. The van der Waals surface area contributed by atoms with E-state index in [0.29, 0.717) is 25.9 Å². The van der Waals surface area contributed by atoms with Crippen molar-refractivity contribution in [3.05, 3.63) is 52.8 Å². The van der Waals surface area contributed by atoms with Crippen molar-refractivity contribution in [3.8, 4) is 0 Å². The fraction of sp³-hybridized carbons (Fsp3) is 0.478. The molecule has 0 saturated carbocycles. The van der Waals surface area contributed by atoms with Gasteiger partial charge in [0.1, 0.15) is 0 Å². The quantitative estimate of drug-likeness (QED) is 0.706. The lowest BCUT2D eigenvalue weighted by molar-refractivity contribution is 0.0619. The molecule has 1 fully saturated rings. The Bertz CT molecular complexity index is 1090. The van der Waals surface area contributed by atoms with Crippen molar-refractivity contribution in [3.63, 3.8) is 0 Å². The molecule has 1 aliphatic heterocycles. The van der Waals surface area contributed by atoms with Crippen LogP contribution in [0.1, 0.15) is 65.7 Å². The molecule has 0 aliphatic carbocycles. The van der Waals surface area contributed by atoms with Crippen LogP contribution in [0.5, 0.6) is 0 Å². The van der Waals surface area contributed by atoms with Gasteiger partial charge in [-0.25, -0.2) is 13.1 Å². The lowest BCUT2D eigenvalue weighted by Gasteiger charge is -2.31. The Morgan fingerprint density at radius 3 is 2.29 bits per heavy atom. The number of rotatable bonds is 5. The van der Waals surface area contributed by atoms with Crippen molar-refractivity contribution in [2.45, 2.75) is 58.1 Å². The highest BCUT2D eigenvalue weighted by Crippen LogP contribution is 2.26. The third-order valence-corrected chi connectivity index (χ3v) is 6.93. The first-order valence-electron chi connectivity index (χ1n) is 10.4. The molecule has 1 aliphatic rings. The smallest absolute Gasteiger partial charge is 0.289 e. The van der Waals surface area contributed by atoms with Gasteiger partial charge in [-0.15, -0.1) is 0 Å². The van der Waals surface area contributed by atoms with E-state index < -0.39 is 15.6 Å². The Balaban J connectivity index is 1.64. The minimum absolute atomic E-state index is 0.0200. The van der Waals surface area contributed by atoms with Gasteiger partial charge in [0.2, 0.25) is 5.09 Å². The van der Waals surface area contributed by atoms with Crippen molar-refractivity contribution in [2.24, 2.45) is 5.92 Å². The molecule has 0 atom stereocenters. The minimum atomic E-state index is -3.85. The van der Waals surface area contributed by atoms with Crippen LogP contribution in [-0.4, -0.2) is 43.6 Å². The highest BCUT2D eigenvalue weighted by Gasteiger charge is 2.31. The molecule has 0 radical (unpaired) electrons. The molecule has 0 unspecified atom stereocenters. The summed E-state index contributed by atoms with van der Waals surface area (Å²) in [6, 6.07) is 8.49. The molecular weight excluding hydrogens is 416 g/mol. The predicted molar refractivity (Wildman–Crippen MR) is 118 cm³/mol. The molecular formula is C23H30N2O5S. The van der Waals surface area contributed by atoms with E-state index in [4.69, 9.17) is 4.42 Å². The van der Waals surface area contributed by atoms with Gasteiger partial charge < -0.3 is 9.32 Å². The summed E-state index contributed by atoms with van der Waals surface area (Å²) in [5.74, 6) is -0.402. The highest BCUT2D eigenvalue weighted by atomic mass is 32.2. The Labute approximate surface area is 183 Å². The number of nitrogens with one attached hydrogen (secondary N) is 1. The molecule has 1 saturated heterocycles. The molecule has 2 aromatic rings. The van der Waals surface area contributed by atoms with E-state index in [2.05, 4.69) is 4.72 Å². The summed E-state index contributed by atoms with van der Waals surface area (Å²) in [4.78, 5) is 27.3. The number of likely N-dealkylation sites (tertiary alicyclic amines) is 1. The van der Waals surface area contributed by atoms with Crippen LogP contribution >= 0.6 is 0 Å². The van der Waals surface area contributed by atoms with E-state index in [1.807, 2.05) is 32.0 Å². The first kappa shape index (κ1) is 23.2. The standard InChI is InChI=1S/C23H30N2O5S/c1-15-6-7-18(16(2)14-15)21(26)17-10-12-25(13-11-17)22(27)19-8-9-20(30-19)31(28,29)24-23(3,4)5/h6-9,14,17,24H,10-13H2,1-5H3. The van der Waals surface area contributed by atoms with Gasteiger partial charge in [0.25, 0.3) is 15.9 Å². The third kappa shape index (κ3) is 5.43. The van der Waals surface area contributed by atoms with Crippen LogP contribution in [-0.2, 0) is 10.0 Å². The van der Waals surface area contributed by atoms with Crippen LogP contribution in [0.25, 0.3) is 0 Å². The average molecular weight is 447 g/mol. The van der Waals surface area contributed by atoms with Gasteiger partial charge in [0, 0.05) is 30.1 Å². The Kier molecular flexibility index (Phi) is 6.43. The number of amides is 1. The molecule has 31 heavy (non-hydrogen) atoms. The first-order chi connectivity index (χ1) is 14.4. The third-order valence-electron chi connectivity index (χ3n) is 5.30. The molecule has 168 valence electrons. The predicted octanol–water partition coefficient (Wildman–Crippen LogP) is 3.71. The van der Waals surface area contributed by atoms with Gasteiger partial charge in [-0.2, -0.15) is 0 Å². The summed E-state index contributed by atoms with van der Waals surface area (Å²) < 4.78 is 32.7. The van der Waals surface area contributed by atoms with Crippen molar-refractivity contribution in [2.75, 3.05) is 13.1 Å². The molecule has 2 heterocycles. The molecule has 1 amide bonds. The zero-order chi connectivity index (χ0) is 23.0. The maximum absolute atomic E-state index is 12.9. The first-order valence-corrected chi connectivity index (χ1v) is 11.9. The van der Waals surface area contributed by atoms with E-state index in [1.165, 1.54) is 12.1 Å². The van der Waals surface area contributed by atoms with Gasteiger partial charge in [0.05, 0.1) is 0 Å². The van der Waals surface area contributed by atoms with Crippen LogP contribution in [0.15, 0.2) is 39.8 Å². The summed E-state index contributed by atoms with van der Waals surface area (Å²) in [5.41, 5.74) is 2.16. The molecule has 0 bridgehead atoms. The number of sulfonamides is 1. The van der Waals surface area contributed by atoms with Crippen molar-refractivity contribution >= 4 is 21.7 Å². The van der Waals surface area contributed by atoms with E-state index >= 15 is 0 Å². The zero-order valence-corrected chi connectivity index (χ0v) is 19.5. The number of ketones is 1. The number of hydrogen-bond donors (Lipinski definition) is 1. The topological polar surface area (TPSA) is 96.7 Å². The van der Waals surface area contributed by atoms with Crippen LogP contribution in [0.3, 0.4) is 0 Å². The summed E-state index contributed by atoms with van der Waals surface area (Å²) in [6.45, 7) is 9.95. The summed E-state index contributed by atoms with van der Waals surface area (Å²) in [7, 11) is -3.85. The number of carbonyl (C=O) groups excluding carboxylic acids is 2. The van der Waals surface area contributed by atoms with Crippen molar-refractivity contribution in [1.82, 2.24) is 9.62 Å². The van der Waals surface area contributed by atoms with E-state index in [9.17, 15) is 18.0 Å². The van der Waals surface area contributed by atoms with Gasteiger partial charge in [-0.05, 0) is 65.2 Å². The van der Waals surface area contributed by atoms with Gasteiger partial charge in [-0.3, -0.25) is 9.59 Å². The fourth-order valence-corrected chi connectivity index (χ4v) is 5.20. The second kappa shape index (κ2) is 8.59. The molecule has 3 rings (SSSR count). The molecule has 7 nitrogen and oxygen atoms in total. The van der Waals surface area contributed by atoms with Crippen molar-refractivity contribution < 1.29 is 22.4 Å². The second-order valence-corrected chi connectivity index (χ2v) is 10.8. The van der Waals surface area contributed by atoms with Crippen molar-refractivity contribution in [1.29, 1.82) is 0 Å². The maximum Gasteiger partial charge on any atom is 0.289 e. The van der Waals surface area contributed by atoms with Crippen LogP contribution < -0.4 is 4.72 Å².